The van der Waals surface area contributed by atoms with Gasteiger partial charge >= 0.3 is 0 Å². The molecular formula is C8H12IN3O. The first-order valence-corrected chi connectivity index (χ1v) is 4.95. The van der Waals surface area contributed by atoms with Crippen molar-refractivity contribution in [3.05, 3.63) is 15.5 Å². The van der Waals surface area contributed by atoms with Crippen molar-refractivity contribution in [2.75, 3.05) is 0 Å². The number of carbonyl (C=O) groups excluding carboxylic acids is 1. The molecule has 13 heavy (non-hydrogen) atoms. The molecule has 1 rings (SSSR count). The summed E-state index contributed by atoms with van der Waals surface area (Å²) in [6, 6.07) is 0. The Balaban J connectivity index is 3.17. The van der Waals surface area contributed by atoms with Gasteiger partial charge in [0.2, 0.25) is 0 Å². The number of amides is 1. The van der Waals surface area contributed by atoms with Crippen molar-refractivity contribution >= 4 is 28.5 Å². The normalized spacial score (nSPS) is 11.7. The first-order chi connectivity index (χ1) is 5.82. The molecule has 0 aliphatic rings. The minimum Gasteiger partial charge on any atom is -0.365 e. The molecule has 1 aromatic rings. The van der Waals surface area contributed by atoms with Gasteiger partial charge in [0.25, 0.3) is 5.91 Å². The molecule has 0 spiro atoms. The third-order valence-electron chi connectivity index (χ3n) is 1.62. The summed E-state index contributed by atoms with van der Waals surface area (Å²) in [6.07, 6.45) is 1.68. The zero-order valence-corrected chi connectivity index (χ0v) is 9.99. The molecule has 0 bridgehead atoms. The molecule has 0 saturated carbocycles. The molecule has 0 radical (unpaired) electrons. The van der Waals surface area contributed by atoms with Crippen LogP contribution in [0.3, 0.4) is 0 Å². The van der Waals surface area contributed by atoms with Crippen LogP contribution in [0.2, 0.25) is 0 Å². The molecule has 0 fully saturated rings. The summed E-state index contributed by atoms with van der Waals surface area (Å²) in [7, 11) is 0. The van der Waals surface area contributed by atoms with Crippen molar-refractivity contribution in [3.8, 4) is 0 Å². The Kier molecular flexibility index (Phi) is 2.65. The number of aromatic nitrogens is 2. The molecule has 0 aliphatic heterocycles. The van der Waals surface area contributed by atoms with Crippen molar-refractivity contribution in [2.45, 2.75) is 26.3 Å². The SMILES string of the molecule is CC(C)(C)n1cc(C(N)=O)c(I)n1. The lowest BCUT2D eigenvalue weighted by Crippen LogP contribution is -2.22. The molecule has 0 atom stereocenters. The topological polar surface area (TPSA) is 60.9 Å². The number of nitrogens with zero attached hydrogens (tertiary/aromatic N) is 2. The van der Waals surface area contributed by atoms with E-state index in [0.717, 1.165) is 0 Å². The van der Waals surface area contributed by atoms with E-state index in [-0.39, 0.29) is 5.54 Å². The average molecular weight is 293 g/mol. The summed E-state index contributed by atoms with van der Waals surface area (Å²) in [5.41, 5.74) is 5.54. The standard InChI is InChI=1S/C8H12IN3O/c1-8(2,3)12-4-5(7(10)13)6(9)11-12/h4H,1-3H3,(H2,10,13). The van der Waals surface area contributed by atoms with Crippen LogP contribution in [-0.4, -0.2) is 15.7 Å². The van der Waals surface area contributed by atoms with E-state index in [9.17, 15) is 4.79 Å². The van der Waals surface area contributed by atoms with Crippen LogP contribution in [0.1, 0.15) is 31.1 Å². The van der Waals surface area contributed by atoms with Crippen LogP contribution in [0.15, 0.2) is 6.20 Å². The highest BCUT2D eigenvalue weighted by Gasteiger charge is 2.18. The zero-order chi connectivity index (χ0) is 10.2. The van der Waals surface area contributed by atoms with Gasteiger partial charge in [-0.25, -0.2) is 0 Å². The summed E-state index contributed by atoms with van der Waals surface area (Å²) in [4.78, 5) is 10.9. The Morgan fingerprint density at radius 1 is 1.62 bits per heavy atom. The lowest BCUT2D eigenvalue weighted by atomic mass is 10.1. The van der Waals surface area contributed by atoms with E-state index in [2.05, 4.69) is 5.10 Å². The van der Waals surface area contributed by atoms with Crippen molar-refractivity contribution in [2.24, 2.45) is 5.73 Å². The van der Waals surface area contributed by atoms with Gasteiger partial charge in [-0.15, -0.1) is 0 Å². The molecule has 0 unspecified atom stereocenters. The van der Waals surface area contributed by atoms with Crippen LogP contribution in [0, 0.1) is 3.70 Å². The highest BCUT2D eigenvalue weighted by atomic mass is 127. The van der Waals surface area contributed by atoms with Crippen LogP contribution in [0.4, 0.5) is 0 Å². The van der Waals surface area contributed by atoms with Gasteiger partial charge < -0.3 is 5.73 Å². The fourth-order valence-corrected chi connectivity index (χ4v) is 1.50. The smallest absolute Gasteiger partial charge is 0.253 e. The summed E-state index contributed by atoms with van der Waals surface area (Å²) >= 11 is 2.00. The molecule has 5 heteroatoms. The van der Waals surface area contributed by atoms with Crippen LogP contribution in [0.25, 0.3) is 0 Å². The fourth-order valence-electron chi connectivity index (χ4n) is 0.862. The maximum Gasteiger partial charge on any atom is 0.253 e. The first kappa shape index (κ1) is 10.5. The van der Waals surface area contributed by atoms with Crippen molar-refractivity contribution in [3.63, 3.8) is 0 Å². The van der Waals surface area contributed by atoms with Crippen LogP contribution < -0.4 is 5.73 Å². The highest BCUT2D eigenvalue weighted by molar-refractivity contribution is 14.1. The van der Waals surface area contributed by atoms with Gasteiger partial charge in [0.15, 0.2) is 0 Å². The fraction of sp³-hybridized carbons (Fsp3) is 0.500. The second-order valence-corrected chi connectivity index (χ2v) is 4.84. The van der Waals surface area contributed by atoms with Gasteiger partial charge in [-0.1, -0.05) is 0 Å². The quantitative estimate of drug-likeness (QED) is 0.794. The van der Waals surface area contributed by atoms with E-state index in [4.69, 9.17) is 5.73 Å². The van der Waals surface area contributed by atoms with Crippen molar-refractivity contribution in [1.29, 1.82) is 0 Å². The maximum absolute atomic E-state index is 10.9. The molecule has 1 amide bonds. The van der Waals surface area contributed by atoms with Gasteiger partial charge in [-0.2, -0.15) is 5.10 Å². The second-order valence-electron chi connectivity index (χ2n) is 3.81. The van der Waals surface area contributed by atoms with Gasteiger partial charge in [-0.05, 0) is 43.4 Å². The molecule has 4 nitrogen and oxygen atoms in total. The highest BCUT2D eigenvalue weighted by Crippen LogP contribution is 2.17. The molecule has 1 heterocycles. The van der Waals surface area contributed by atoms with E-state index >= 15 is 0 Å². The lowest BCUT2D eigenvalue weighted by Gasteiger charge is -2.18. The summed E-state index contributed by atoms with van der Waals surface area (Å²) in [6.45, 7) is 6.04. The van der Waals surface area contributed by atoms with Crippen molar-refractivity contribution in [1.82, 2.24) is 9.78 Å². The number of hydrogen-bond donors (Lipinski definition) is 1. The predicted octanol–water partition coefficient (Wildman–Crippen LogP) is 1.34. The minimum atomic E-state index is -0.431. The summed E-state index contributed by atoms with van der Waals surface area (Å²) in [5, 5.41) is 4.21. The van der Waals surface area contributed by atoms with Crippen LogP contribution in [-0.2, 0) is 5.54 Å². The van der Waals surface area contributed by atoms with Crippen molar-refractivity contribution < 1.29 is 4.79 Å². The van der Waals surface area contributed by atoms with Gasteiger partial charge in [0, 0.05) is 6.20 Å². The van der Waals surface area contributed by atoms with E-state index in [1.165, 1.54) is 0 Å². The number of rotatable bonds is 1. The van der Waals surface area contributed by atoms with E-state index in [0.29, 0.717) is 9.26 Å². The minimum absolute atomic E-state index is 0.117. The number of primary amides is 1. The number of nitrogens with two attached hydrogens (primary N) is 1. The van der Waals surface area contributed by atoms with Crippen LogP contribution in [0.5, 0.6) is 0 Å². The van der Waals surface area contributed by atoms with Gasteiger partial charge in [0.1, 0.15) is 3.70 Å². The number of carbonyl (C=O) groups is 1. The number of halogens is 1. The first-order valence-electron chi connectivity index (χ1n) is 3.88. The predicted molar refractivity (Wildman–Crippen MR) is 58.5 cm³/mol. The second kappa shape index (κ2) is 3.28. The molecule has 0 saturated heterocycles. The lowest BCUT2D eigenvalue weighted by molar-refractivity contribution is 0.0999. The molecule has 1 aromatic heterocycles. The Labute approximate surface area is 90.6 Å². The third-order valence-corrected chi connectivity index (χ3v) is 2.42. The zero-order valence-electron chi connectivity index (χ0n) is 7.84. The average Bonchev–Trinajstić information content (AvgIpc) is 2.29. The van der Waals surface area contributed by atoms with E-state index < -0.39 is 5.91 Å². The molecular weight excluding hydrogens is 281 g/mol. The maximum atomic E-state index is 10.9. The number of hydrogen-bond acceptors (Lipinski definition) is 2. The summed E-state index contributed by atoms with van der Waals surface area (Å²) in [5.74, 6) is -0.431. The molecule has 0 aliphatic carbocycles. The monoisotopic (exact) mass is 293 g/mol. The van der Waals surface area contributed by atoms with Gasteiger partial charge in [-0.3, -0.25) is 9.48 Å². The van der Waals surface area contributed by atoms with E-state index in [1.54, 1.807) is 10.9 Å². The largest absolute Gasteiger partial charge is 0.365 e. The Hall–Kier alpha value is -0.590. The van der Waals surface area contributed by atoms with Crippen LogP contribution >= 0.6 is 22.6 Å². The molecule has 72 valence electrons. The van der Waals surface area contributed by atoms with E-state index in [1.807, 2.05) is 43.4 Å². The third kappa shape index (κ3) is 2.20. The summed E-state index contributed by atoms with van der Waals surface area (Å²) < 4.78 is 2.40. The van der Waals surface area contributed by atoms with Gasteiger partial charge in [0.05, 0.1) is 11.1 Å². The Morgan fingerprint density at radius 3 is 2.38 bits per heavy atom. The molecule has 0 aromatic carbocycles. The molecule has 2 N–H and O–H groups in total. The Morgan fingerprint density at radius 2 is 2.15 bits per heavy atom. The Bertz CT molecular complexity index is 338.